The molecule has 206 valence electrons. The van der Waals surface area contributed by atoms with E-state index in [1.807, 2.05) is 0 Å². The van der Waals surface area contributed by atoms with Crippen LogP contribution >= 0.6 is 23.2 Å². The minimum Gasteiger partial charge on any atom is -0.505 e. The summed E-state index contributed by atoms with van der Waals surface area (Å²) in [5, 5.41) is 11.3. The van der Waals surface area contributed by atoms with Gasteiger partial charge in [0.2, 0.25) is 0 Å². The lowest BCUT2D eigenvalue weighted by molar-refractivity contribution is -0.139. The third kappa shape index (κ3) is 4.22. The van der Waals surface area contributed by atoms with Crippen molar-refractivity contribution in [3.05, 3.63) is 112 Å². The second-order valence-electron chi connectivity index (χ2n) is 9.33. The molecule has 2 amide bonds. The topological polar surface area (TPSA) is 82.5 Å². The van der Waals surface area contributed by atoms with Gasteiger partial charge >= 0.3 is 6.18 Å². The summed E-state index contributed by atoms with van der Waals surface area (Å²) in [6.07, 6.45) is -0.988. The number of allylic oxidation sites excluding steroid dienone is 3. The molecule has 0 spiro atoms. The van der Waals surface area contributed by atoms with E-state index < -0.39 is 57.4 Å². The number of imide groups is 1. The zero-order chi connectivity index (χ0) is 29.0. The minimum absolute atomic E-state index is 0.0412. The third-order valence-electron chi connectivity index (χ3n) is 7.28. The number of nitrogens with zero attached hydrogens (tertiary/aromatic N) is 2. The molecule has 0 saturated carbocycles. The molecule has 5 rings (SSSR count). The molecule has 0 bridgehead atoms. The Balaban J connectivity index is 1.71. The van der Waals surface area contributed by atoms with Crippen LogP contribution in [0.2, 0.25) is 10.0 Å². The number of amides is 2. The van der Waals surface area contributed by atoms with Crippen molar-refractivity contribution >= 4 is 40.8 Å². The first kappa shape index (κ1) is 27.7. The Hall–Kier alpha value is -3.89. The van der Waals surface area contributed by atoms with Crippen LogP contribution in [0.15, 0.2) is 79.0 Å². The molecule has 1 saturated heterocycles. The molecule has 12 heteroatoms. The number of aromatic nitrogens is 1. The molecule has 3 aromatic rings. The van der Waals surface area contributed by atoms with E-state index in [2.05, 4.69) is 17.0 Å². The molecule has 2 aliphatic rings. The average Bonchev–Trinajstić information content (AvgIpc) is 3.13. The Morgan fingerprint density at radius 3 is 2.48 bits per heavy atom. The lowest BCUT2D eigenvalue weighted by Gasteiger charge is -2.43. The van der Waals surface area contributed by atoms with Gasteiger partial charge < -0.3 is 5.11 Å². The summed E-state index contributed by atoms with van der Waals surface area (Å²) in [5.41, 5.74) is 0.482. The number of nitrogens with one attached hydrogen (secondary N) is 1. The first-order valence-corrected chi connectivity index (χ1v) is 12.6. The number of carbonyl (C=O) groups is 2. The fourth-order valence-electron chi connectivity index (χ4n) is 5.53. The van der Waals surface area contributed by atoms with Crippen LogP contribution in [0.1, 0.15) is 29.0 Å². The van der Waals surface area contributed by atoms with Gasteiger partial charge in [0.1, 0.15) is 0 Å². The van der Waals surface area contributed by atoms with E-state index in [9.17, 15) is 32.3 Å². The molecule has 1 aliphatic carbocycles. The Bertz CT molecular complexity index is 1580. The molecule has 1 aromatic heterocycles. The summed E-state index contributed by atoms with van der Waals surface area (Å²) >= 11 is 12.2. The van der Waals surface area contributed by atoms with Crippen molar-refractivity contribution < 1.29 is 32.3 Å². The summed E-state index contributed by atoms with van der Waals surface area (Å²) < 4.78 is 54.0. The van der Waals surface area contributed by atoms with Crippen LogP contribution in [0.25, 0.3) is 0 Å². The van der Waals surface area contributed by atoms with Crippen molar-refractivity contribution in [1.82, 2.24) is 9.99 Å². The predicted molar refractivity (Wildman–Crippen MR) is 140 cm³/mol. The molecular weight excluding hydrogens is 573 g/mol. The number of hydrazine groups is 1. The van der Waals surface area contributed by atoms with E-state index in [0.717, 1.165) is 6.07 Å². The van der Waals surface area contributed by atoms with Crippen LogP contribution in [-0.4, -0.2) is 26.9 Å². The Morgan fingerprint density at radius 2 is 1.85 bits per heavy atom. The van der Waals surface area contributed by atoms with Crippen LogP contribution in [0.3, 0.4) is 0 Å². The number of anilines is 1. The molecule has 3 atom stereocenters. The van der Waals surface area contributed by atoms with E-state index in [0.29, 0.717) is 33.4 Å². The maximum Gasteiger partial charge on any atom is 0.417 e. The third-order valence-corrected chi connectivity index (χ3v) is 7.82. The van der Waals surface area contributed by atoms with Crippen LogP contribution in [-0.2, 0) is 21.2 Å². The molecule has 1 fully saturated rings. The summed E-state index contributed by atoms with van der Waals surface area (Å²) in [7, 11) is 0. The van der Waals surface area contributed by atoms with Crippen LogP contribution in [0, 0.1) is 11.7 Å². The van der Waals surface area contributed by atoms with Gasteiger partial charge in [-0.15, -0.1) is 0 Å². The average molecular weight is 592 g/mol. The van der Waals surface area contributed by atoms with Crippen molar-refractivity contribution in [2.45, 2.75) is 23.9 Å². The SMILES string of the molecule is C=CC1=CC[C@H]2C(=O)N(Nc3ncc(C(F)(F)F)cc3Cl)C(=O)[C@@]2(c2ccc(Cl)cc2)[C@H]1c1cccc(F)c1O. The van der Waals surface area contributed by atoms with Crippen molar-refractivity contribution in [2.75, 3.05) is 5.43 Å². The van der Waals surface area contributed by atoms with Gasteiger partial charge in [0, 0.05) is 22.7 Å². The summed E-state index contributed by atoms with van der Waals surface area (Å²) in [6, 6.07) is 10.7. The van der Waals surface area contributed by atoms with Gasteiger partial charge in [-0.2, -0.15) is 18.2 Å². The zero-order valence-electron chi connectivity index (χ0n) is 20.3. The lowest BCUT2D eigenvalue weighted by Crippen LogP contribution is -2.48. The van der Waals surface area contributed by atoms with E-state index >= 15 is 0 Å². The van der Waals surface area contributed by atoms with Gasteiger partial charge in [-0.1, -0.05) is 66.2 Å². The van der Waals surface area contributed by atoms with E-state index in [1.165, 1.54) is 30.3 Å². The normalized spacial score (nSPS) is 22.6. The van der Waals surface area contributed by atoms with Crippen molar-refractivity contribution in [2.24, 2.45) is 5.92 Å². The fourth-order valence-corrected chi connectivity index (χ4v) is 5.86. The highest BCUT2D eigenvalue weighted by Gasteiger charge is 2.66. The van der Waals surface area contributed by atoms with Gasteiger partial charge in [0.05, 0.1) is 21.9 Å². The van der Waals surface area contributed by atoms with Crippen molar-refractivity contribution in [3.63, 3.8) is 0 Å². The van der Waals surface area contributed by atoms with Crippen molar-refractivity contribution in [3.8, 4) is 5.75 Å². The van der Waals surface area contributed by atoms with Gasteiger partial charge in [-0.05, 0) is 41.8 Å². The monoisotopic (exact) mass is 591 g/mol. The molecule has 0 unspecified atom stereocenters. The second kappa shape index (κ2) is 9.94. The number of hydrogen-bond donors (Lipinski definition) is 2. The molecule has 40 heavy (non-hydrogen) atoms. The first-order valence-electron chi connectivity index (χ1n) is 11.8. The number of fused-ring (bicyclic) bond motifs is 1. The highest BCUT2D eigenvalue weighted by atomic mass is 35.5. The number of hydrogen-bond acceptors (Lipinski definition) is 5. The van der Waals surface area contributed by atoms with Crippen LogP contribution in [0.4, 0.5) is 23.4 Å². The second-order valence-corrected chi connectivity index (χ2v) is 10.2. The maximum absolute atomic E-state index is 14.6. The fraction of sp³-hybridized carbons (Fsp3) is 0.179. The largest absolute Gasteiger partial charge is 0.505 e. The van der Waals surface area contributed by atoms with Gasteiger partial charge in [0.15, 0.2) is 17.4 Å². The van der Waals surface area contributed by atoms with E-state index in [4.69, 9.17) is 23.2 Å². The molecule has 6 nitrogen and oxygen atoms in total. The summed E-state index contributed by atoms with van der Waals surface area (Å²) in [4.78, 5) is 32.0. The number of pyridine rings is 1. The quantitative estimate of drug-likeness (QED) is 0.252. The standard InChI is InChI=1S/C28H19Cl2F4N3O3/c1-2-14-6-11-19-25(39)37(36-24-20(30)12-16(13-35-24)28(32,33)34)26(40)27(19,15-7-9-17(29)10-8-15)22(14)18-4-3-5-21(31)23(18)38/h2-10,12-13,19,22,38H,1,11H2,(H,35,36)/t19-,22+,27+/m0/s1. The molecule has 2 heterocycles. The number of aromatic hydroxyl groups is 1. The summed E-state index contributed by atoms with van der Waals surface area (Å²) in [5.74, 6) is -5.68. The minimum atomic E-state index is -4.71. The zero-order valence-corrected chi connectivity index (χ0v) is 21.9. The van der Waals surface area contributed by atoms with Crippen LogP contribution in [0.5, 0.6) is 5.75 Å². The number of rotatable bonds is 5. The number of halogens is 6. The van der Waals surface area contributed by atoms with E-state index in [1.54, 1.807) is 18.2 Å². The molecule has 2 aromatic carbocycles. The molecule has 2 N–H and O–H groups in total. The number of carbonyl (C=O) groups excluding carboxylic acids is 2. The highest BCUT2D eigenvalue weighted by molar-refractivity contribution is 6.33. The van der Waals surface area contributed by atoms with Gasteiger partial charge in [-0.25, -0.2) is 9.37 Å². The Morgan fingerprint density at radius 1 is 1.15 bits per heavy atom. The molecular formula is C28H19Cl2F4N3O3. The number of benzene rings is 2. The highest BCUT2D eigenvalue weighted by Crippen LogP contribution is 2.59. The van der Waals surface area contributed by atoms with E-state index in [-0.39, 0.29) is 17.8 Å². The predicted octanol–water partition coefficient (Wildman–Crippen LogP) is 6.80. The Kier molecular flexibility index (Phi) is 6.87. The Labute approximate surface area is 235 Å². The number of alkyl halides is 3. The van der Waals surface area contributed by atoms with Crippen molar-refractivity contribution in [1.29, 1.82) is 0 Å². The van der Waals surface area contributed by atoms with Gasteiger partial charge in [-0.3, -0.25) is 15.0 Å². The number of phenolic OH excluding ortho intramolecular Hbond substituents is 1. The molecule has 0 radical (unpaired) electrons. The smallest absolute Gasteiger partial charge is 0.417 e. The maximum atomic E-state index is 14.6. The molecule has 1 aliphatic heterocycles. The summed E-state index contributed by atoms with van der Waals surface area (Å²) in [6.45, 7) is 3.83. The van der Waals surface area contributed by atoms with Gasteiger partial charge in [0.25, 0.3) is 11.8 Å². The number of phenols is 1. The van der Waals surface area contributed by atoms with Crippen LogP contribution < -0.4 is 5.43 Å². The first-order chi connectivity index (χ1) is 18.9. The number of para-hydroxylation sites is 1. The lowest BCUT2D eigenvalue weighted by atomic mass is 9.56.